The zero-order valence-corrected chi connectivity index (χ0v) is 8.02. The molecule has 0 aromatic heterocycles. The molecule has 0 bridgehead atoms. The van der Waals surface area contributed by atoms with Crippen LogP contribution in [0.25, 0.3) is 0 Å². The van der Waals surface area contributed by atoms with Gasteiger partial charge < -0.3 is 0 Å². The molecular formula is C10H16FN. The lowest BCUT2D eigenvalue weighted by Crippen LogP contribution is -1.87. The summed E-state index contributed by atoms with van der Waals surface area (Å²) in [5.41, 5.74) is 1.37. The number of aliphatic imine (C=N–C) groups is 1. The molecule has 0 N–H and O–H groups in total. The second-order valence-electron chi connectivity index (χ2n) is 2.87. The molecule has 0 unspecified atom stereocenters. The van der Waals surface area contributed by atoms with Crippen molar-refractivity contribution in [1.82, 2.24) is 0 Å². The summed E-state index contributed by atoms with van der Waals surface area (Å²) < 4.78 is 12.8. The van der Waals surface area contributed by atoms with Crippen LogP contribution in [0.4, 0.5) is 4.39 Å². The van der Waals surface area contributed by atoms with Crippen LogP contribution in [0.2, 0.25) is 0 Å². The van der Waals surface area contributed by atoms with Crippen molar-refractivity contribution < 1.29 is 4.39 Å². The third-order valence-electron chi connectivity index (χ3n) is 1.42. The van der Waals surface area contributed by atoms with Gasteiger partial charge in [-0.25, -0.2) is 4.39 Å². The van der Waals surface area contributed by atoms with Crippen molar-refractivity contribution in [3.05, 3.63) is 24.2 Å². The van der Waals surface area contributed by atoms with Crippen LogP contribution in [-0.2, 0) is 0 Å². The predicted molar refractivity (Wildman–Crippen MR) is 52.0 cm³/mol. The Morgan fingerprint density at radius 1 is 1.50 bits per heavy atom. The Bertz CT molecular complexity index is 214. The largest absolute Gasteiger partial charge is 0.263 e. The maximum Gasteiger partial charge on any atom is 0.143 e. The van der Waals surface area contributed by atoms with Crippen LogP contribution in [0.5, 0.6) is 0 Å². The highest BCUT2D eigenvalue weighted by molar-refractivity contribution is 5.82. The molecule has 0 aliphatic carbocycles. The molecule has 0 aromatic carbocycles. The van der Waals surface area contributed by atoms with E-state index < -0.39 is 0 Å². The van der Waals surface area contributed by atoms with Crippen LogP contribution >= 0.6 is 0 Å². The second kappa shape index (κ2) is 5.70. The minimum Gasteiger partial charge on any atom is -0.263 e. The number of nitrogens with zero attached hydrogens (tertiary/aromatic N) is 1. The minimum atomic E-state index is -0.342. The Hall–Kier alpha value is -0.920. The third-order valence-corrected chi connectivity index (χ3v) is 1.42. The number of allylic oxidation sites excluding steroid dienone is 2. The van der Waals surface area contributed by atoms with Crippen molar-refractivity contribution in [2.75, 3.05) is 0 Å². The Morgan fingerprint density at radius 3 is 2.50 bits per heavy atom. The number of rotatable bonds is 4. The molecule has 0 radical (unpaired) electrons. The Kier molecular flexibility index (Phi) is 5.26. The molecule has 12 heavy (non-hydrogen) atoms. The van der Waals surface area contributed by atoms with Crippen molar-refractivity contribution in [3.63, 3.8) is 0 Å². The normalized spacial score (nSPS) is 13.3. The highest BCUT2D eigenvalue weighted by Gasteiger charge is 1.92. The molecule has 0 heterocycles. The van der Waals surface area contributed by atoms with E-state index in [-0.39, 0.29) is 5.83 Å². The van der Waals surface area contributed by atoms with Crippen LogP contribution in [0.3, 0.4) is 0 Å². The summed E-state index contributed by atoms with van der Waals surface area (Å²) in [5.74, 6) is -0.342. The zero-order chi connectivity index (χ0) is 9.56. The molecular weight excluding hydrogens is 153 g/mol. The summed E-state index contributed by atoms with van der Waals surface area (Å²) in [5, 5.41) is 0. The van der Waals surface area contributed by atoms with E-state index >= 15 is 0 Å². The van der Waals surface area contributed by atoms with Gasteiger partial charge in [-0.3, -0.25) is 4.99 Å². The molecule has 0 saturated heterocycles. The molecule has 0 rings (SSSR count). The maximum atomic E-state index is 12.8. The fourth-order valence-corrected chi connectivity index (χ4v) is 0.703. The van der Waals surface area contributed by atoms with Crippen LogP contribution in [0.15, 0.2) is 29.2 Å². The first-order valence-electron chi connectivity index (χ1n) is 4.12. The summed E-state index contributed by atoms with van der Waals surface area (Å²) in [6, 6.07) is 0. The fraction of sp³-hybridized carbons (Fsp3) is 0.500. The molecule has 0 aliphatic rings. The van der Waals surface area contributed by atoms with Gasteiger partial charge in [0.05, 0.1) is 6.20 Å². The van der Waals surface area contributed by atoms with Crippen molar-refractivity contribution in [1.29, 1.82) is 0 Å². The summed E-state index contributed by atoms with van der Waals surface area (Å²) in [7, 11) is 0. The average Bonchev–Trinajstić information content (AvgIpc) is 2.00. The van der Waals surface area contributed by atoms with Gasteiger partial charge in [-0.2, -0.15) is 0 Å². The van der Waals surface area contributed by atoms with E-state index in [1.165, 1.54) is 6.20 Å². The van der Waals surface area contributed by atoms with E-state index in [2.05, 4.69) is 18.5 Å². The summed E-state index contributed by atoms with van der Waals surface area (Å²) in [6.07, 6.45) is 3.19. The Morgan fingerprint density at radius 2 is 2.08 bits per heavy atom. The maximum absolute atomic E-state index is 12.8. The van der Waals surface area contributed by atoms with Gasteiger partial charge in [0, 0.05) is 5.71 Å². The highest BCUT2D eigenvalue weighted by atomic mass is 19.1. The lowest BCUT2D eigenvalue weighted by molar-refractivity contribution is 0.649. The van der Waals surface area contributed by atoms with E-state index in [0.717, 1.165) is 18.6 Å². The molecule has 0 spiro atoms. The van der Waals surface area contributed by atoms with Gasteiger partial charge in [0.1, 0.15) is 5.83 Å². The Balaban J connectivity index is 4.17. The van der Waals surface area contributed by atoms with Gasteiger partial charge in [0.2, 0.25) is 0 Å². The van der Waals surface area contributed by atoms with E-state index in [0.29, 0.717) is 5.57 Å². The van der Waals surface area contributed by atoms with Gasteiger partial charge in [0.25, 0.3) is 0 Å². The second-order valence-corrected chi connectivity index (χ2v) is 2.87. The molecule has 0 fully saturated rings. The SMILES string of the molecule is C=C(C)/C(F)=C\N=C(C)CCC. The smallest absolute Gasteiger partial charge is 0.143 e. The highest BCUT2D eigenvalue weighted by Crippen LogP contribution is 2.07. The summed E-state index contributed by atoms with van der Waals surface area (Å²) in [4.78, 5) is 3.95. The predicted octanol–water partition coefficient (Wildman–Crippen LogP) is 3.63. The van der Waals surface area contributed by atoms with Crippen molar-refractivity contribution in [2.24, 2.45) is 4.99 Å². The Labute approximate surface area is 73.7 Å². The monoisotopic (exact) mass is 169 g/mol. The van der Waals surface area contributed by atoms with Gasteiger partial charge >= 0.3 is 0 Å². The minimum absolute atomic E-state index is 0.342. The van der Waals surface area contributed by atoms with E-state index in [1.807, 2.05) is 6.92 Å². The lowest BCUT2D eigenvalue weighted by Gasteiger charge is -1.94. The molecule has 0 atom stereocenters. The number of hydrogen-bond acceptors (Lipinski definition) is 1. The average molecular weight is 169 g/mol. The van der Waals surface area contributed by atoms with Crippen LogP contribution in [0.1, 0.15) is 33.6 Å². The molecule has 0 saturated carbocycles. The van der Waals surface area contributed by atoms with Crippen molar-refractivity contribution in [2.45, 2.75) is 33.6 Å². The van der Waals surface area contributed by atoms with Gasteiger partial charge in [-0.1, -0.05) is 19.9 Å². The van der Waals surface area contributed by atoms with Gasteiger partial charge in [-0.15, -0.1) is 0 Å². The molecule has 68 valence electrons. The van der Waals surface area contributed by atoms with Gasteiger partial charge in [0.15, 0.2) is 0 Å². The first-order chi connectivity index (χ1) is 5.57. The van der Waals surface area contributed by atoms with Gasteiger partial charge in [-0.05, 0) is 25.8 Å². The lowest BCUT2D eigenvalue weighted by atomic mass is 10.2. The number of hydrogen-bond donors (Lipinski definition) is 0. The number of halogens is 1. The summed E-state index contributed by atoms with van der Waals surface area (Å²) >= 11 is 0. The fourth-order valence-electron chi connectivity index (χ4n) is 0.703. The third kappa shape index (κ3) is 4.83. The van der Waals surface area contributed by atoms with Crippen LogP contribution in [-0.4, -0.2) is 5.71 Å². The molecule has 0 aromatic rings. The molecule has 0 amide bonds. The van der Waals surface area contributed by atoms with Crippen LogP contribution in [0, 0.1) is 0 Å². The van der Waals surface area contributed by atoms with Crippen molar-refractivity contribution in [3.8, 4) is 0 Å². The zero-order valence-electron chi connectivity index (χ0n) is 8.02. The quantitative estimate of drug-likeness (QED) is 0.450. The molecule has 0 aliphatic heterocycles. The van der Waals surface area contributed by atoms with E-state index in [4.69, 9.17) is 0 Å². The summed E-state index contributed by atoms with van der Waals surface area (Å²) in [6.45, 7) is 9.05. The van der Waals surface area contributed by atoms with Crippen LogP contribution < -0.4 is 0 Å². The molecule has 1 nitrogen and oxygen atoms in total. The molecule has 2 heteroatoms. The first-order valence-corrected chi connectivity index (χ1v) is 4.12. The standard InChI is InChI=1S/C10H16FN/c1-5-6-9(4)12-7-10(11)8(2)3/h7H,2,5-6H2,1,3-4H3/b10-7+,12-9?. The van der Waals surface area contributed by atoms with E-state index in [9.17, 15) is 4.39 Å². The first kappa shape index (κ1) is 11.1. The topological polar surface area (TPSA) is 12.4 Å². The van der Waals surface area contributed by atoms with E-state index in [1.54, 1.807) is 6.92 Å². The van der Waals surface area contributed by atoms with Crippen molar-refractivity contribution >= 4 is 5.71 Å².